The highest BCUT2D eigenvalue weighted by molar-refractivity contribution is 7.21. The molecule has 1 fully saturated rings. The van der Waals surface area contributed by atoms with Crippen LogP contribution in [0.4, 0.5) is 0 Å². The average Bonchev–Trinajstić information content (AvgIpc) is 3.18. The number of carbonyl (C=O) groups excluding carboxylic acids is 1. The number of nitrogens with zero attached hydrogens (tertiary/aromatic N) is 4. The van der Waals surface area contributed by atoms with Crippen molar-refractivity contribution in [1.82, 2.24) is 19.8 Å². The van der Waals surface area contributed by atoms with Crippen molar-refractivity contribution < 1.29 is 14.3 Å². The van der Waals surface area contributed by atoms with Gasteiger partial charge in [-0.1, -0.05) is 0 Å². The molecule has 0 radical (unpaired) electrons. The maximum atomic E-state index is 13.4. The molecule has 0 atom stereocenters. The van der Waals surface area contributed by atoms with Gasteiger partial charge in [0.1, 0.15) is 22.1 Å². The van der Waals surface area contributed by atoms with E-state index >= 15 is 0 Å². The summed E-state index contributed by atoms with van der Waals surface area (Å²) in [6, 6.07) is 7.68. The first kappa shape index (κ1) is 22.5. The Morgan fingerprint density at radius 2 is 1.84 bits per heavy atom. The zero-order valence-electron chi connectivity index (χ0n) is 19.2. The van der Waals surface area contributed by atoms with Crippen molar-refractivity contribution in [2.24, 2.45) is 0 Å². The molecule has 1 aromatic carbocycles. The molecule has 4 rings (SSSR count). The number of piperidine rings is 1. The number of aromatic nitrogens is 2. The summed E-state index contributed by atoms with van der Waals surface area (Å²) in [7, 11) is 5.65. The number of likely N-dealkylation sites (N-methyl/N-ethyl adjacent to an activating group) is 1. The Hall–Kier alpha value is -2.71. The molecular weight excluding hydrogens is 424 g/mol. The molecule has 3 heterocycles. The van der Waals surface area contributed by atoms with Gasteiger partial charge in [0.2, 0.25) is 0 Å². The molecule has 0 aliphatic carbocycles. The number of fused-ring (bicyclic) bond motifs is 1. The summed E-state index contributed by atoms with van der Waals surface area (Å²) in [5.41, 5.74) is 1.72. The minimum absolute atomic E-state index is 0.0398. The van der Waals surface area contributed by atoms with Crippen LogP contribution in [0, 0.1) is 6.92 Å². The molecular formula is C24H30N4O3S. The topological polar surface area (TPSA) is 67.8 Å². The van der Waals surface area contributed by atoms with E-state index in [0.717, 1.165) is 59.7 Å². The number of ether oxygens (including phenoxy) is 2. The van der Waals surface area contributed by atoms with E-state index < -0.39 is 0 Å². The molecule has 8 heteroatoms. The Kier molecular flexibility index (Phi) is 6.91. The molecule has 0 unspecified atom stereocenters. The zero-order valence-corrected chi connectivity index (χ0v) is 20.0. The molecule has 0 saturated carbocycles. The van der Waals surface area contributed by atoms with Gasteiger partial charge in [0.15, 0.2) is 11.6 Å². The maximum absolute atomic E-state index is 13.4. The molecule has 0 spiro atoms. The molecule has 3 aromatic rings. The van der Waals surface area contributed by atoms with Gasteiger partial charge in [-0.05, 0) is 64.5 Å². The fourth-order valence-corrected chi connectivity index (χ4v) is 5.00. The molecule has 1 aliphatic heterocycles. The number of methoxy groups -OCH3 is 1. The standard InChI is InChI=1S/C24H30N4O3S/c1-16-19-20(31-15-14-27(2)3)21(24(29)28-12-6-5-7-13-28)32-23(19)26-22(25-16)17-8-10-18(30-4)11-9-17/h8-11H,5-7,12-15H2,1-4H3. The molecule has 170 valence electrons. The SMILES string of the molecule is COc1ccc(-c2nc(C)c3c(OCCN(C)C)c(C(=O)N4CCCCC4)sc3n2)cc1. The first-order valence-electron chi connectivity index (χ1n) is 11.0. The summed E-state index contributed by atoms with van der Waals surface area (Å²) >= 11 is 1.41. The monoisotopic (exact) mass is 454 g/mol. The van der Waals surface area contributed by atoms with Crippen molar-refractivity contribution in [2.45, 2.75) is 26.2 Å². The fourth-order valence-electron chi connectivity index (χ4n) is 3.86. The van der Waals surface area contributed by atoms with Gasteiger partial charge in [0.25, 0.3) is 5.91 Å². The third kappa shape index (κ3) is 4.71. The van der Waals surface area contributed by atoms with E-state index in [4.69, 9.17) is 19.4 Å². The van der Waals surface area contributed by atoms with E-state index in [2.05, 4.69) is 4.90 Å². The number of rotatable bonds is 7. The summed E-state index contributed by atoms with van der Waals surface area (Å²) in [6.07, 6.45) is 3.28. The second-order valence-corrected chi connectivity index (χ2v) is 9.31. The molecule has 1 aliphatic rings. The lowest BCUT2D eigenvalue weighted by atomic mass is 10.1. The number of hydrogen-bond donors (Lipinski definition) is 0. The van der Waals surface area contributed by atoms with Gasteiger partial charge in [-0.3, -0.25) is 4.79 Å². The molecule has 0 bridgehead atoms. The van der Waals surface area contributed by atoms with Crippen LogP contribution in [-0.2, 0) is 0 Å². The van der Waals surface area contributed by atoms with E-state index in [9.17, 15) is 4.79 Å². The normalized spacial score (nSPS) is 14.2. The van der Waals surface area contributed by atoms with Gasteiger partial charge in [-0.2, -0.15) is 0 Å². The van der Waals surface area contributed by atoms with Crippen molar-refractivity contribution in [3.8, 4) is 22.9 Å². The van der Waals surface area contributed by atoms with Crippen molar-refractivity contribution in [2.75, 3.05) is 47.4 Å². The van der Waals surface area contributed by atoms with E-state index in [1.807, 2.05) is 50.2 Å². The third-order valence-corrected chi connectivity index (χ3v) is 6.71. The van der Waals surface area contributed by atoms with Crippen LogP contribution in [-0.4, -0.2) is 73.1 Å². The second kappa shape index (κ2) is 9.83. The zero-order chi connectivity index (χ0) is 22.7. The largest absolute Gasteiger partial charge is 0.497 e. The molecule has 1 amide bonds. The van der Waals surface area contributed by atoms with Crippen LogP contribution in [0.3, 0.4) is 0 Å². The predicted molar refractivity (Wildman–Crippen MR) is 128 cm³/mol. The predicted octanol–water partition coefficient (Wildman–Crippen LogP) is 4.24. The van der Waals surface area contributed by atoms with Crippen LogP contribution in [0.5, 0.6) is 11.5 Å². The highest BCUT2D eigenvalue weighted by atomic mass is 32.1. The molecule has 2 aromatic heterocycles. The van der Waals surface area contributed by atoms with Gasteiger partial charge < -0.3 is 19.3 Å². The van der Waals surface area contributed by atoms with E-state index in [-0.39, 0.29) is 5.91 Å². The number of hydrogen-bond acceptors (Lipinski definition) is 7. The van der Waals surface area contributed by atoms with Gasteiger partial charge in [-0.15, -0.1) is 11.3 Å². The van der Waals surface area contributed by atoms with E-state index in [1.54, 1.807) is 7.11 Å². The van der Waals surface area contributed by atoms with Crippen molar-refractivity contribution in [1.29, 1.82) is 0 Å². The number of amides is 1. The minimum atomic E-state index is 0.0398. The van der Waals surface area contributed by atoms with Gasteiger partial charge >= 0.3 is 0 Å². The summed E-state index contributed by atoms with van der Waals surface area (Å²) in [5.74, 6) is 2.09. The van der Waals surface area contributed by atoms with Gasteiger partial charge in [0, 0.05) is 25.2 Å². The second-order valence-electron chi connectivity index (χ2n) is 8.31. The van der Waals surface area contributed by atoms with Crippen molar-refractivity contribution >= 4 is 27.5 Å². The Morgan fingerprint density at radius 3 is 2.50 bits per heavy atom. The van der Waals surface area contributed by atoms with Crippen molar-refractivity contribution in [3.05, 3.63) is 34.8 Å². The summed E-state index contributed by atoms with van der Waals surface area (Å²) in [6.45, 7) is 4.81. The van der Waals surface area contributed by atoms with Crippen LogP contribution in [0.1, 0.15) is 34.6 Å². The highest BCUT2D eigenvalue weighted by Gasteiger charge is 2.28. The summed E-state index contributed by atoms with van der Waals surface area (Å²) < 4.78 is 11.5. The number of carbonyl (C=O) groups is 1. The lowest BCUT2D eigenvalue weighted by Crippen LogP contribution is -2.35. The first-order valence-corrected chi connectivity index (χ1v) is 11.8. The van der Waals surface area contributed by atoms with Crippen LogP contribution in [0.15, 0.2) is 24.3 Å². The average molecular weight is 455 g/mol. The first-order chi connectivity index (χ1) is 15.5. The summed E-state index contributed by atoms with van der Waals surface area (Å²) in [5, 5.41) is 0.839. The van der Waals surface area contributed by atoms with Crippen LogP contribution in [0.2, 0.25) is 0 Å². The Labute approximate surface area is 193 Å². The maximum Gasteiger partial charge on any atom is 0.267 e. The lowest BCUT2D eigenvalue weighted by molar-refractivity contribution is 0.0725. The number of likely N-dealkylation sites (tertiary alicyclic amines) is 1. The lowest BCUT2D eigenvalue weighted by Gasteiger charge is -2.26. The number of benzene rings is 1. The van der Waals surface area contributed by atoms with Gasteiger partial charge in [0.05, 0.1) is 18.2 Å². The van der Waals surface area contributed by atoms with Gasteiger partial charge in [-0.25, -0.2) is 9.97 Å². The molecule has 32 heavy (non-hydrogen) atoms. The smallest absolute Gasteiger partial charge is 0.267 e. The fraction of sp³-hybridized carbons (Fsp3) is 0.458. The molecule has 1 saturated heterocycles. The Bertz CT molecular complexity index is 1090. The third-order valence-electron chi connectivity index (χ3n) is 5.66. The molecule has 0 N–H and O–H groups in total. The molecule has 7 nitrogen and oxygen atoms in total. The Balaban J connectivity index is 1.76. The van der Waals surface area contributed by atoms with Crippen LogP contribution in [0.25, 0.3) is 21.6 Å². The number of aryl methyl sites for hydroxylation is 1. The number of thiophene rings is 1. The van der Waals surface area contributed by atoms with E-state index in [0.29, 0.717) is 23.1 Å². The Morgan fingerprint density at radius 1 is 1.12 bits per heavy atom. The summed E-state index contributed by atoms with van der Waals surface area (Å²) in [4.78, 5) is 28.4. The highest BCUT2D eigenvalue weighted by Crippen LogP contribution is 2.40. The van der Waals surface area contributed by atoms with Crippen LogP contribution < -0.4 is 9.47 Å². The quantitative estimate of drug-likeness (QED) is 0.532. The minimum Gasteiger partial charge on any atom is -0.497 e. The van der Waals surface area contributed by atoms with E-state index in [1.165, 1.54) is 17.8 Å². The van der Waals surface area contributed by atoms with Crippen LogP contribution >= 0.6 is 11.3 Å². The van der Waals surface area contributed by atoms with Crippen molar-refractivity contribution in [3.63, 3.8) is 0 Å².